The maximum atomic E-state index is 9.14. The summed E-state index contributed by atoms with van der Waals surface area (Å²) < 4.78 is 2.00. The van der Waals surface area contributed by atoms with Crippen molar-refractivity contribution in [1.82, 2.24) is 9.78 Å². The van der Waals surface area contributed by atoms with Gasteiger partial charge in [0.1, 0.15) is 6.07 Å². The maximum Gasteiger partial charge on any atom is 0.101 e. The Hall–Kier alpha value is -2.28. The highest BCUT2D eigenvalue weighted by Gasteiger charge is 2.10. The summed E-state index contributed by atoms with van der Waals surface area (Å²) in [6.07, 6.45) is 0. The fraction of sp³-hybridized carbons (Fsp3) is 0.333. The number of nitriles is 1. The lowest BCUT2D eigenvalue weighted by atomic mass is 10.2. The molecule has 0 radical (unpaired) electrons. The lowest BCUT2D eigenvalue weighted by molar-refractivity contribution is 0.613. The van der Waals surface area contributed by atoms with E-state index in [-0.39, 0.29) is 0 Å². The van der Waals surface area contributed by atoms with Gasteiger partial charge in [0.2, 0.25) is 0 Å². The number of benzene rings is 1. The first-order valence-electron chi connectivity index (χ1n) is 6.39. The normalized spacial score (nSPS) is 10.2. The molecule has 4 heteroatoms. The van der Waals surface area contributed by atoms with Crippen LogP contribution in [0, 0.1) is 18.3 Å². The second-order valence-electron chi connectivity index (χ2n) is 4.58. The van der Waals surface area contributed by atoms with Gasteiger partial charge in [0.05, 0.1) is 29.2 Å². The number of anilines is 1. The molecule has 0 aliphatic rings. The number of hydrogen-bond donors (Lipinski definition) is 0. The van der Waals surface area contributed by atoms with Crippen LogP contribution >= 0.6 is 0 Å². The molecule has 2 rings (SSSR count). The van der Waals surface area contributed by atoms with Crippen molar-refractivity contribution in [1.29, 1.82) is 5.26 Å². The van der Waals surface area contributed by atoms with E-state index < -0.39 is 0 Å². The molecule has 98 valence electrons. The third kappa shape index (κ3) is 2.76. The topological polar surface area (TPSA) is 44.9 Å². The highest BCUT2D eigenvalue weighted by Crippen LogP contribution is 2.20. The van der Waals surface area contributed by atoms with Crippen molar-refractivity contribution in [3.63, 3.8) is 0 Å². The first-order valence-corrected chi connectivity index (χ1v) is 6.39. The van der Waals surface area contributed by atoms with Crippen LogP contribution in [0.25, 0.3) is 0 Å². The standard InChI is InChI=1S/C15H18N4/c1-4-19-14(9-12(2)17-19)11-18(3)15-8-6-5-7-13(15)10-16/h5-9H,4,11H2,1-3H3. The van der Waals surface area contributed by atoms with Crippen LogP contribution in [0.5, 0.6) is 0 Å². The lowest BCUT2D eigenvalue weighted by Crippen LogP contribution is -2.20. The molecule has 1 heterocycles. The van der Waals surface area contributed by atoms with E-state index in [1.54, 1.807) is 0 Å². The second-order valence-corrected chi connectivity index (χ2v) is 4.58. The van der Waals surface area contributed by atoms with Crippen LogP contribution in [0.15, 0.2) is 30.3 Å². The number of nitrogens with zero attached hydrogens (tertiary/aromatic N) is 4. The lowest BCUT2D eigenvalue weighted by Gasteiger charge is -2.20. The van der Waals surface area contributed by atoms with E-state index in [4.69, 9.17) is 5.26 Å². The molecule has 0 amide bonds. The molecular formula is C15H18N4. The zero-order valence-electron chi connectivity index (χ0n) is 11.6. The van der Waals surface area contributed by atoms with Crippen molar-refractivity contribution < 1.29 is 0 Å². The molecule has 0 fully saturated rings. The summed E-state index contributed by atoms with van der Waals surface area (Å²) in [6, 6.07) is 12.0. The molecule has 1 aromatic heterocycles. The van der Waals surface area contributed by atoms with Crippen LogP contribution < -0.4 is 4.90 Å². The van der Waals surface area contributed by atoms with Gasteiger partial charge >= 0.3 is 0 Å². The van der Waals surface area contributed by atoms with Crippen LogP contribution in [0.3, 0.4) is 0 Å². The van der Waals surface area contributed by atoms with E-state index in [1.807, 2.05) is 42.9 Å². The SMILES string of the molecule is CCn1nc(C)cc1CN(C)c1ccccc1C#N. The minimum Gasteiger partial charge on any atom is -0.368 e. The second kappa shape index (κ2) is 5.57. The minimum absolute atomic E-state index is 0.698. The third-order valence-corrected chi connectivity index (χ3v) is 3.12. The Morgan fingerprint density at radius 2 is 2.11 bits per heavy atom. The Labute approximate surface area is 113 Å². The number of aryl methyl sites for hydroxylation is 2. The van der Waals surface area contributed by atoms with Gasteiger partial charge in [0, 0.05) is 13.6 Å². The van der Waals surface area contributed by atoms with E-state index in [0.717, 1.165) is 30.2 Å². The largest absolute Gasteiger partial charge is 0.368 e. The van der Waals surface area contributed by atoms with E-state index >= 15 is 0 Å². The molecule has 0 aliphatic heterocycles. The van der Waals surface area contributed by atoms with Crippen LogP contribution in [-0.4, -0.2) is 16.8 Å². The Bertz CT molecular complexity index is 607. The van der Waals surface area contributed by atoms with Gasteiger partial charge in [-0.1, -0.05) is 12.1 Å². The fourth-order valence-corrected chi connectivity index (χ4v) is 2.23. The Morgan fingerprint density at radius 3 is 2.79 bits per heavy atom. The minimum atomic E-state index is 0.698. The van der Waals surface area contributed by atoms with Gasteiger partial charge in [-0.25, -0.2) is 0 Å². The van der Waals surface area contributed by atoms with Gasteiger partial charge in [-0.2, -0.15) is 10.4 Å². The Morgan fingerprint density at radius 1 is 1.37 bits per heavy atom. The third-order valence-electron chi connectivity index (χ3n) is 3.12. The van der Waals surface area contributed by atoms with Crippen molar-refractivity contribution in [2.45, 2.75) is 26.9 Å². The number of para-hydroxylation sites is 1. The summed E-state index contributed by atoms with van der Waals surface area (Å²) >= 11 is 0. The molecule has 19 heavy (non-hydrogen) atoms. The number of rotatable bonds is 4. The van der Waals surface area contributed by atoms with Crippen molar-refractivity contribution in [2.24, 2.45) is 0 Å². The molecule has 4 nitrogen and oxygen atoms in total. The van der Waals surface area contributed by atoms with Crippen LogP contribution in [0.2, 0.25) is 0 Å². The summed E-state index contributed by atoms with van der Waals surface area (Å²) in [5, 5.41) is 13.6. The fourth-order valence-electron chi connectivity index (χ4n) is 2.23. The molecule has 0 spiro atoms. The first-order chi connectivity index (χ1) is 9.15. The Balaban J connectivity index is 2.26. The first kappa shape index (κ1) is 13.2. The number of hydrogen-bond acceptors (Lipinski definition) is 3. The van der Waals surface area contributed by atoms with Crippen molar-refractivity contribution in [2.75, 3.05) is 11.9 Å². The molecule has 2 aromatic rings. The molecule has 1 aromatic carbocycles. The van der Waals surface area contributed by atoms with Gasteiger partial charge in [-0.3, -0.25) is 4.68 Å². The average Bonchev–Trinajstić information content (AvgIpc) is 2.78. The molecular weight excluding hydrogens is 236 g/mol. The van der Waals surface area contributed by atoms with Gasteiger partial charge in [0.15, 0.2) is 0 Å². The summed E-state index contributed by atoms with van der Waals surface area (Å²) in [5.74, 6) is 0. The molecule has 0 saturated heterocycles. The van der Waals surface area contributed by atoms with E-state index in [2.05, 4.69) is 29.1 Å². The van der Waals surface area contributed by atoms with E-state index in [9.17, 15) is 0 Å². The molecule has 0 bridgehead atoms. The van der Waals surface area contributed by atoms with Crippen molar-refractivity contribution in [3.8, 4) is 6.07 Å². The molecule has 0 unspecified atom stereocenters. The smallest absolute Gasteiger partial charge is 0.101 e. The van der Waals surface area contributed by atoms with E-state index in [0.29, 0.717) is 5.56 Å². The summed E-state index contributed by atoms with van der Waals surface area (Å²) in [6.45, 7) is 5.68. The number of aromatic nitrogens is 2. The van der Waals surface area contributed by atoms with E-state index in [1.165, 1.54) is 0 Å². The molecule has 0 N–H and O–H groups in total. The molecule has 0 saturated carbocycles. The summed E-state index contributed by atoms with van der Waals surface area (Å²) in [7, 11) is 2.00. The van der Waals surface area contributed by atoms with Crippen molar-refractivity contribution in [3.05, 3.63) is 47.3 Å². The zero-order chi connectivity index (χ0) is 13.8. The van der Waals surface area contributed by atoms with Gasteiger partial charge in [0.25, 0.3) is 0 Å². The van der Waals surface area contributed by atoms with Gasteiger partial charge in [-0.15, -0.1) is 0 Å². The predicted molar refractivity (Wildman–Crippen MR) is 75.9 cm³/mol. The highest BCUT2D eigenvalue weighted by molar-refractivity contribution is 5.58. The quantitative estimate of drug-likeness (QED) is 0.842. The highest BCUT2D eigenvalue weighted by atomic mass is 15.3. The monoisotopic (exact) mass is 254 g/mol. The zero-order valence-corrected chi connectivity index (χ0v) is 11.6. The maximum absolute atomic E-state index is 9.14. The average molecular weight is 254 g/mol. The van der Waals surface area contributed by atoms with Crippen LogP contribution in [-0.2, 0) is 13.1 Å². The molecule has 0 atom stereocenters. The predicted octanol–water partition coefficient (Wildman–Crippen LogP) is 2.72. The van der Waals surface area contributed by atoms with Gasteiger partial charge < -0.3 is 4.90 Å². The van der Waals surface area contributed by atoms with Crippen LogP contribution in [0.4, 0.5) is 5.69 Å². The summed E-state index contributed by atoms with van der Waals surface area (Å²) in [4.78, 5) is 2.08. The van der Waals surface area contributed by atoms with Crippen molar-refractivity contribution >= 4 is 5.69 Å². The molecule has 0 aliphatic carbocycles. The Kier molecular flexibility index (Phi) is 3.86. The van der Waals surface area contributed by atoms with Gasteiger partial charge in [-0.05, 0) is 32.0 Å². The van der Waals surface area contributed by atoms with Crippen LogP contribution in [0.1, 0.15) is 23.9 Å². The summed E-state index contributed by atoms with van der Waals surface area (Å²) in [5.41, 5.74) is 3.84.